The molecule has 172 valence electrons. The summed E-state index contributed by atoms with van der Waals surface area (Å²) in [5, 5.41) is 4.67. The van der Waals surface area contributed by atoms with Crippen molar-refractivity contribution < 1.29 is 9.53 Å². The van der Waals surface area contributed by atoms with Crippen molar-refractivity contribution in [2.45, 2.75) is 6.54 Å². The second-order valence-corrected chi connectivity index (χ2v) is 9.01. The Bertz CT molecular complexity index is 1120. The topological polar surface area (TPSA) is 44.8 Å². The number of carbonyl (C=O) groups excluding carboxylic acids is 1. The number of carbonyl (C=O) groups is 1. The molecule has 0 saturated carbocycles. The van der Waals surface area contributed by atoms with Crippen LogP contribution in [-0.4, -0.2) is 43.6 Å². The number of hydrogen-bond acceptors (Lipinski definition) is 4. The van der Waals surface area contributed by atoms with E-state index in [9.17, 15) is 4.79 Å². The first-order chi connectivity index (χ1) is 16.0. The Balaban J connectivity index is 1.29. The van der Waals surface area contributed by atoms with E-state index in [-0.39, 0.29) is 12.5 Å². The van der Waals surface area contributed by atoms with Crippen molar-refractivity contribution in [2.75, 3.05) is 43.0 Å². The number of hydrogen-bond donors (Lipinski definition) is 1. The van der Waals surface area contributed by atoms with E-state index in [2.05, 4.69) is 21.2 Å². The summed E-state index contributed by atoms with van der Waals surface area (Å²) in [5.74, 6) is 0.184. The SMILES string of the molecule is O=C(COc1ccccc1Cl)Nc1ccc(N2CCN(Cc3ccccc3Cl)CC2)c(Cl)c1. The van der Waals surface area contributed by atoms with Gasteiger partial charge < -0.3 is 15.0 Å². The molecule has 0 unspecified atom stereocenters. The normalized spacial score (nSPS) is 14.2. The molecule has 3 aromatic carbocycles. The number of anilines is 2. The first-order valence-corrected chi connectivity index (χ1v) is 11.8. The number of piperazine rings is 1. The fourth-order valence-electron chi connectivity index (χ4n) is 3.76. The van der Waals surface area contributed by atoms with E-state index in [4.69, 9.17) is 39.5 Å². The first-order valence-electron chi connectivity index (χ1n) is 10.7. The lowest BCUT2D eigenvalue weighted by atomic mass is 10.2. The highest BCUT2D eigenvalue weighted by Gasteiger charge is 2.20. The molecule has 1 amide bonds. The molecule has 33 heavy (non-hydrogen) atoms. The van der Waals surface area contributed by atoms with Crippen molar-refractivity contribution >= 4 is 52.1 Å². The van der Waals surface area contributed by atoms with Gasteiger partial charge in [-0.25, -0.2) is 0 Å². The number of nitrogens with one attached hydrogen (secondary N) is 1. The summed E-state index contributed by atoms with van der Waals surface area (Å²) in [6.45, 7) is 4.25. The molecule has 0 aromatic heterocycles. The summed E-state index contributed by atoms with van der Waals surface area (Å²) >= 11 is 18.9. The molecule has 1 aliphatic heterocycles. The number of ether oxygens (including phenoxy) is 1. The summed E-state index contributed by atoms with van der Waals surface area (Å²) in [6, 6.07) is 20.5. The van der Waals surface area contributed by atoms with Gasteiger partial charge >= 0.3 is 0 Å². The third-order valence-corrected chi connectivity index (χ3v) is 6.48. The Morgan fingerprint density at radius 1 is 0.848 bits per heavy atom. The van der Waals surface area contributed by atoms with Crippen LogP contribution in [0.5, 0.6) is 5.75 Å². The third kappa shape index (κ3) is 6.33. The van der Waals surface area contributed by atoms with Gasteiger partial charge in [0.25, 0.3) is 5.91 Å². The second kappa shape index (κ2) is 11.1. The number of nitrogens with zero attached hydrogens (tertiary/aromatic N) is 2. The Labute approximate surface area is 208 Å². The van der Waals surface area contributed by atoms with Crippen LogP contribution in [0.3, 0.4) is 0 Å². The predicted molar refractivity (Wildman–Crippen MR) is 136 cm³/mol. The fourth-order valence-corrected chi connectivity index (χ4v) is 4.44. The minimum absolute atomic E-state index is 0.142. The van der Waals surface area contributed by atoms with E-state index >= 15 is 0 Å². The minimum atomic E-state index is -0.285. The van der Waals surface area contributed by atoms with Gasteiger partial charge in [0.1, 0.15) is 5.75 Å². The summed E-state index contributed by atoms with van der Waals surface area (Å²) in [6.07, 6.45) is 0. The molecule has 0 radical (unpaired) electrons. The van der Waals surface area contributed by atoms with Gasteiger partial charge in [-0.3, -0.25) is 9.69 Å². The molecule has 0 aliphatic carbocycles. The zero-order valence-corrected chi connectivity index (χ0v) is 20.2. The molecule has 0 bridgehead atoms. The smallest absolute Gasteiger partial charge is 0.262 e. The summed E-state index contributed by atoms with van der Waals surface area (Å²) in [4.78, 5) is 16.9. The van der Waals surface area contributed by atoms with Crippen molar-refractivity contribution in [3.63, 3.8) is 0 Å². The highest BCUT2D eigenvalue weighted by molar-refractivity contribution is 6.33. The van der Waals surface area contributed by atoms with Gasteiger partial charge in [0.15, 0.2) is 6.61 Å². The Kier molecular flexibility index (Phi) is 7.99. The number of amides is 1. The highest BCUT2D eigenvalue weighted by atomic mass is 35.5. The van der Waals surface area contributed by atoms with Gasteiger partial charge in [-0.05, 0) is 42.0 Å². The van der Waals surface area contributed by atoms with Gasteiger partial charge in [-0.15, -0.1) is 0 Å². The lowest BCUT2D eigenvalue weighted by Crippen LogP contribution is -2.46. The first kappa shape index (κ1) is 23.7. The maximum absolute atomic E-state index is 12.3. The third-order valence-electron chi connectivity index (χ3n) is 5.49. The number of rotatable bonds is 7. The maximum Gasteiger partial charge on any atom is 0.262 e. The summed E-state index contributed by atoms with van der Waals surface area (Å²) in [7, 11) is 0. The number of halogens is 3. The van der Waals surface area contributed by atoms with E-state index in [0.29, 0.717) is 21.5 Å². The average molecular weight is 505 g/mol. The molecule has 4 rings (SSSR count). The van der Waals surface area contributed by atoms with E-state index in [1.54, 1.807) is 30.3 Å². The largest absolute Gasteiger partial charge is 0.482 e. The molecule has 8 heteroatoms. The zero-order valence-electron chi connectivity index (χ0n) is 17.9. The molecule has 1 fully saturated rings. The standard InChI is InChI=1S/C25H24Cl3N3O2/c26-20-6-2-1-5-18(20)16-30-11-13-31(14-12-30)23-10-9-19(15-22(23)28)29-25(32)17-33-24-8-4-3-7-21(24)27/h1-10,15H,11-14,16-17H2,(H,29,32). The minimum Gasteiger partial charge on any atom is -0.482 e. The van der Waals surface area contributed by atoms with Crippen LogP contribution < -0.4 is 15.0 Å². The molecule has 1 aliphatic rings. The van der Waals surface area contributed by atoms with Crippen molar-refractivity contribution in [2.24, 2.45) is 0 Å². The van der Waals surface area contributed by atoms with Gasteiger partial charge in [0.05, 0.1) is 15.7 Å². The predicted octanol–water partition coefficient (Wildman–Crippen LogP) is 5.99. The van der Waals surface area contributed by atoms with Crippen LogP contribution in [0.2, 0.25) is 15.1 Å². The molecule has 1 N–H and O–H groups in total. The van der Waals surface area contributed by atoms with E-state index in [0.717, 1.165) is 49.0 Å². The van der Waals surface area contributed by atoms with Crippen molar-refractivity contribution in [3.8, 4) is 5.75 Å². The molecule has 3 aromatic rings. The lowest BCUT2D eigenvalue weighted by molar-refractivity contribution is -0.118. The number of benzene rings is 3. The zero-order chi connectivity index (χ0) is 23.2. The average Bonchev–Trinajstić information content (AvgIpc) is 2.81. The highest BCUT2D eigenvalue weighted by Crippen LogP contribution is 2.30. The van der Waals surface area contributed by atoms with Crippen LogP contribution in [-0.2, 0) is 11.3 Å². The molecular weight excluding hydrogens is 481 g/mol. The van der Waals surface area contributed by atoms with Gasteiger partial charge in [0.2, 0.25) is 0 Å². The molecule has 0 spiro atoms. The molecule has 1 saturated heterocycles. The van der Waals surface area contributed by atoms with Crippen LogP contribution in [0.15, 0.2) is 66.7 Å². The Morgan fingerprint density at radius 2 is 1.55 bits per heavy atom. The van der Waals surface area contributed by atoms with Gasteiger partial charge in [-0.2, -0.15) is 0 Å². The van der Waals surface area contributed by atoms with Crippen molar-refractivity contribution in [1.29, 1.82) is 0 Å². The molecular formula is C25H24Cl3N3O2. The quantitative estimate of drug-likeness (QED) is 0.429. The van der Waals surface area contributed by atoms with Gasteiger partial charge in [-0.1, -0.05) is 65.1 Å². The van der Waals surface area contributed by atoms with E-state index in [1.165, 1.54) is 0 Å². The molecule has 1 heterocycles. The van der Waals surface area contributed by atoms with Crippen LogP contribution in [0.4, 0.5) is 11.4 Å². The van der Waals surface area contributed by atoms with Gasteiger partial charge in [0, 0.05) is 43.4 Å². The fraction of sp³-hybridized carbons (Fsp3) is 0.240. The monoisotopic (exact) mass is 503 g/mol. The Hall–Kier alpha value is -2.44. The Morgan fingerprint density at radius 3 is 2.24 bits per heavy atom. The van der Waals surface area contributed by atoms with Crippen LogP contribution in [0, 0.1) is 0 Å². The van der Waals surface area contributed by atoms with Crippen molar-refractivity contribution in [1.82, 2.24) is 4.90 Å². The van der Waals surface area contributed by atoms with Crippen LogP contribution in [0.1, 0.15) is 5.56 Å². The molecule has 5 nitrogen and oxygen atoms in total. The maximum atomic E-state index is 12.3. The summed E-state index contributed by atoms with van der Waals surface area (Å²) in [5.41, 5.74) is 2.72. The van der Waals surface area contributed by atoms with E-state index in [1.807, 2.05) is 30.3 Å². The number of para-hydroxylation sites is 1. The van der Waals surface area contributed by atoms with E-state index < -0.39 is 0 Å². The lowest BCUT2D eigenvalue weighted by Gasteiger charge is -2.36. The van der Waals surface area contributed by atoms with Crippen LogP contribution >= 0.6 is 34.8 Å². The van der Waals surface area contributed by atoms with Crippen molar-refractivity contribution in [3.05, 3.63) is 87.4 Å². The molecule has 0 atom stereocenters. The second-order valence-electron chi connectivity index (χ2n) is 7.79. The van der Waals surface area contributed by atoms with Crippen LogP contribution in [0.25, 0.3) is 0 Å². The summed E-state index contributed by atoms with van der Waals surface area (Å²) < 4.78 is 5.48.